The molecule has 4 heterocycles. The second-order valence-corrected chi connectivity index (χ2v) is 8.78. The van der Waals surface area contributed by atoms with E-state index in [9.17, 15) is 9.59 Å². The second-order valence-electron chi connectivity index (χ2n) is 8.78. The molecule has 2 unspecified atom stereocenters. The maximum atomic E-state index is 13.1. The number of carbonyl (C=O) groups excluding carboxylic acids is 1. The number of hydrogen-bond acceptors (Lipinski definition) is 8. The number of ether oxygens (including phenoxy) is 2. The van der Waals surface area contributed by atoms with Crippen molar-refractivity contribution in [3.63, 3.8) is 0 Å². The van der Waals surface area contributed by atoms with Gasteiger partial charge in [-0.3, -0.25) is 9.59 Å². The summed E-state index contributed by atoms with van der Waals surface area (Å²) in [5.74, 6) is 1.65. The lowest BCUT2D eigenvalue weighted by Crippen LogP contribution is -2.28. The third-order valence-corrected chi connectivity index (χ3v) is 6.79. The standard InChI is InChI=1S/C22H25N7O4/c1-23-18-7-17(25-14-4-3-5-28(22(14)31)19-12-9-33-10-13(12)19)27-20-11(8-24-29(18)20)21(30)26-15-6-16(15)32-2/h3-5,7-8,12-13,15-16,19,23H,6,9-10H2,1-2H3,(H,25,27)(H,26,30)/t12-,13+,15?,16-,19?/m1/s1. The van der Waals surface area contributed by atoms with Gasteiger partial charge >= 0.3 is 0 Å². The first-order valence-corrected chi connectivity index (χ1v) is 11.0. The molecule has 3 aromatic heterocycles. The molecule has 0 bridgehead atoms. The highest BCUT2D eigenvalue weighted by Gasteiger charge is 2.55. The molecule has 1 saturated heterocycles. The Morgan fingerprint density at radius 1 is 1.30 bits per heavy atom. The SMILES string of the molecule is CNc1cc(Nc2cccn(C3[C@H]4COC[C@@H]34)c2=O)nc2c(C(=O)NC3C[C@H]3OC)cnn12. The smallest absolute Gasteiger partial charge is 0.274 e. The summed E-state index contributed by atoms with van der Waals surface area (Å²) in [6, 6.07) is 5.54. The quantitative estimate of drug-likeness (QED) is 0.486. The highest BCUT2D eigenvalue weighted by atomic mass is 16.5. The largest absolute Gasteiger partial charge is 0.381 e. The Morgan fingerprint density at radius 3 is 2.85 bits per heavy atom. The van der Waals surface area contributed by atoms with Crippen LogP contribution in [0.25, 0.3) is 5.65 Å². The van der Waals surface area contributed by atoms with E-state index in [0.717, 1.165) is 6.42 Å². The van der Waals surface area contributed by atoms with E-state index >= 15 is 0 Å². The lowest BCUT2D eigenvalue weighted by molar-refractivity contribution is 0.0936. The minimum absolute atomic E-state index is 0.00219. The molecule has 3 N–H and O–H groups in total. The number of fused-ring (bicyclic) bond motifs is 2. The van der Waals surface area contributed by atoms with E-state index in [1.807, 2.05) is 12.3 Å². The topological polar surface area (TPSA) is 124 Å². The highest BCUT2D eigenvalue weighted by Crippen LogP contribution is 2.53. The van der Waals surface area contributed by atoms with Gasteiger partial charge in [0, 0.05) is 44.3 Å². The van der Waals surface area contributed by atoms with Crippen LogP contribution < -0.4 is 21.5 Å². The molecule has 0 spiro atoms. The number of aromatic nitrogens is 4. The summed E-state index contributed by atoms with van der Waals surface area (Å²) in [5.41, 5.74) is 1.07. The van der Waals surface area contributed by atoms with Crippen LogP contribution in [0, 0.1) is 11.8 Å². The fourth-order valence-electron chi connectivity index (χ4n) is 4.80. The molecule has 0 radical (unpaired) electrons. The van der Waals surface area contributed by atoms with Crippen LogP contribution in [0.5, 0.6) is 0 Å². The Morgan fingerprint density at radius 2 is 2.12 bits per heavy atom. The molecule has 1 aliphatic heterocycles. The molecule has 0 aromatic carbocycles. The van der Waals surface area contributed by atoms with Crippen molar-refractivity contribution in [2.24, 2.45) is 11.8 Å². The number of amides is 1. The van der Waals surface area contributed by atoms with Crippen molar-refractivity contribution in [2.75, 3.05) is 38.0 Å². The zero-order chi connectivity index (χ0) is 22.7. The highest BCUT2D eigenvalue weighted by molar-refractivity contribution is 6.00. The molecule has 11 heteroatoms. The van der Waals surface area contributed by atoms with Gasteiger partial charge in [-0.1, -0.05) is 0 Å². The normalized spacial score (nSPS) is 27.3. The van der Waals surface area contributed by atoms with Gasteiger partial charge in [0.2, 0.25) is 0 Å². The number of hydrogen-bond donors (Lipinski definition) is 3. The van der Waals surface area contributed by atoms with Crippen LogP contribution in [0.4, 0.5) is 17.3 Å². The fourth-order valence-corrected chi connectivity index (χ4v) is 4.80. The molecule has 6 rings (SSSR count). The van der Waals surface area contributed by atoms with Gasteiger partial charge in [0.05, 0.1) is 31.6 Å². The third kappa shape index (κ3) is 3.35. The molecule has 3 fully saturated rings. The second kappa shape index (κ2) is 7.56. The molecule has 1 amide bonds. The van der Waals surface area contributed by atoms with E-state index < -0.39 is 0 Å². The van der Waals surface area contributed by atoms with Crippen molar-refractivity contribution in [1.29, 1.82) is 0 Å². The van der Waals surface area contributed by atoms with Gasteiger partial charge in [-0.15, -0.1) is 0 Å². The summed E-state index contributed by atoms with van der Waals surface area (Å²) in [6.07, 6.45) is 4.16. The van der Waals surface area contributed by atoms with E-state index in [0.29, 0.717) is 53.6 Å². The van der Waals surface area contributed by atoms with Crippen LogP contribution in [-0.4, -0.2) is 64.6 Å². The van der Waals surface area contributed by atoms with Gasteiger partial charge < -0.3 is 30.0 Å². The molecule has 3 aliphatic rings. The maximum Gasteiger partial charge on any atom is 0.274 e. The summed E-state index contributed by atoms with van der Waals surface area (Å²) in [6.45, 7) is 1.42. The molecular formula is C22H25N7O4. The van der Waals surface area contributed by atoms with Crippen LogP contribution in [-0.2, 0) is 9.47 Å². The Hall–Kier alpha value is -3.44. The molecule has 172 valence electrons. The van der Waals surface area contributed by atoms with Gasteiger partial charge in [-0.05, 0) is 18.6 Å². The molecular weight excluding hydrogens is 426 g/mol. The average molecular weight is 451 g/mol. The van der Waals surface area contributed by atoms with Crippen LogP contribution in [0.15, 0.2) is 35.4 Å². The third-order valence-electron chi connectivity index (χ3n) is 6.79. The van der Waals surface area contributed by atoms with Gasteiger partial charge in [0.15, 0.2) is 5.65 Å². The summed E-state index contributed by atoms with van der Waals surface area (Å²) in [7, 11) is 3.39. The molecule has 11 nitrogen and oxygen atoms in total. The van der Waals surface area contributed by atoms with Crippen molar-refractivity contribution in [2.45, 2.75) is 24.6 Å². The van der Waals surface area contributed by atoms with Crippen LogP contribution in [0.1, 0.15) is 22.8 Å². The monoisotopic (exact) mass is 451 g/mol. The van der Waals surface area contributed by atoms with E-state index in [2.05, 4.69) is 26.0 Å². The number of nitrogens with one attached hydrogen (secondary N) is 3. The molecule has 3 aromatic rings. The fraction of sp³-hybridized carbons (Fsp3) is 0.455. The number of pyridine rings is 1. The van der Waals surface area contributed by atoms with E-state index in [1.165, 1.54) is 6.20 Å². The first-order chi connectivity index (χ1) is 16.1. The summed E-state index contributed by atoms with van der Waals surface area (Å²) < 4.78 is 14.1. The van der Waals surface area contributed by atoms with Crippen LogP contribution >= 0.6 is 0 Å². The Balaban J connectivity index is 1.31. The molecule has 5 atom stereocenters. The van der Waals surface area contributed by atoms with Gasteiger partial charge in [-0.25, -0.2) is 4.98 Å². The predicted molar refractivity (Wildman–Crippen MR) is 120 cm³/mol. The van der Waals surface area contributed by atoms with Gasteiger partial charge in [0.1, 0.15) is 22.9 Å². The minimum atomic E-state index is -0.259. The van der Waals surface area contributed by atoms with Crippen LogP contribution in [0.2, 0.25) is 0 Å². The van der Waals surface area contributed by atoms with Crippen molar-refractivity contribution in [1.82, 2.24) is 24.5 Å². The molecule has 33 heavy (non-hydrogen) atoms. The van der Waals surface area contributed by atoms with Gasteiger partial charge in [-0.2, -0.15) is 9.61 Å². The van der Waals surface area contributed by atoms with E-state index in [1.54, 1.807) is 35.4 Å². The lowest BCUT2D eigenvalue weighted by Gasteiger charge is -2.13. The first kappa shape index (κ1) is 20.2. The Labute approximate surface area is 189 Å². The molecule has 2 saturated carbocycles. The number of nitrogens with zero attached hydrogens (tertiary/aromatic N) is 4. The van der Waals surface area contributed by atoms with Gasteiger partial charge in [0.25, 0.3) is 11.5 Å². The number of rotatable bonds is 7. The summed E-state index contributed by atoms with van der Waals surface area (Å²) >= 11 is 0. The summed E-state index contributed by atoms with van der Waals surface area (Å²) in [4.78, 5) is 30.6. The number of anilines is 3. The molecule has 2 aliphatic carbocycles. The minimum Gasteiger partial charge on any atom is -0.381 e. The zero-order valence-electron chi connectivity index (χ0n) is 18.3. The predicted octanol–water partition coefficient (Wildman–Crippen LogP) is 1.01. The average Bonchev–Trinajstić information content (AvgIpc) is 3.58. The number of methoxy groups -OCH3 is 1. The Bertz CT molecular complexity index is 1290. The van der Waals surface area contributed by atoms with E-state index in [4.69, 9.17) is 9.47 Å². The zero-order valence-corrected chi connectivity index (χ0v) is 18.3. The van der Waals surface area contributed by atoms with Crippen molar-refractivity contribution >= 4 is 28.9 Å². The maximum absolute atomic E-state index is 13.1. The van der Waals surface area contributed by atoms with Crippen LogP contribution in [0.3, 0.4) is 0 Å². The lowest BCUT2D eigenvalue weighted by atomic mass is 10.3. The van der Waals surface area contributed by atoms with Crippen molar-refractivity contribution in [3.05, 3.63) is 46.5 Å². The van der Waals surface area contributed by atoms with E-state index in [-0.39, 0.29) is 29.7 Å². The van der Waals surface area contributed by atoms with Crippen molar-refractivity contribution < 1.29 is 14.3 Å². The number of carbonyl (C=O) groups is 1. The first-order valence-electron chi connectivity index (χ1n) is 11.0. The summed E-state index contributed by atoms with van der Waals surface area (Å²) in [5, 5.41) is 13.5. The Kier molecular flexibility index (Phi) is 4.63. The van der Waals surface area contributed by atoms with Crippen molar-refractivity contribution in [3.8, 4) is 0 Å².